The van der Waals surface area contributed by atoms with Gasteiger partial charge in [-0.15, -0.1) is 0 Å². The third-order valence-electron chi connectivity index (χ3n) is 3.76. The summed E-state index contributed by atoms with van der Waals surface area (Å²) in [6.45, 7) is 6.64. The van der Waals surface area contributed by atoms with Crippen LogP contribution < -0.4 is 10.0 Å². The second-order valence-corrected chi connectivity index (χ2v) is 6.41. The number of hydrogen-bond acceptors (Lipinski definition) is 3. The molecule has 2 aromatic rings. The van der Waals surface area contributed by atoms with Crippen LogP contribution in [0.25, 0.3) is 0 Å². The molecule has 0 saturated heterocycles. The third-order valence-corrected chi connectivity index (χ3v) is 4.61. The molecule has 0 saturated carbocycles. The summed E-state index contributed by atoms with van der Waals surface area (Å²) < 4.78 is 31.0. The summed E-state index contributed by atoms with van der Waals surface area (Å²) in [6, 6.07) is 12.3. The first-order valence-electron chi connectivity index (χ1n) is 8.24. The Balaban J connectivity index is 1.91. The molecule has 0 bridgehead atoms. The lowest BCUT2D eigenvalue weighted by Gasteiger charge is -2.22. The van der Waals surface area contributed by atoms with Gasteiger partial charge in [0.2, 0.25) is 5.96 Å². The number of aliphatic imine (C=N–C) groups is 2. The molecule has 1 heterocycles. The summed E-state index contributed by atoms with van der Waals surface area (Å²) in [6.07, 6.45) is 1.04. The molecular weight excluding hydrogens is 378 g/mol. The van der Waals surface area contributed by atoms with Crippen LogP contribution >= 0.6 is 11.9 Å². The number of allylic oxidation sites excluding steroid dienone is 2. The SMILES string of the molecule is C=C/C(F)=C(/CN=C1NSc2ccc(F)c(C#Cc3ccccc3)c2N1)N=C. The molecule has 140 valence electrons. The molecule has 0 radical (unpaired) electrons. The number of fused-ring (bicyclic) bond motifs is 1. The van der Waals surface area contributed by atoms with E-state index in [1.165, 1.54) is 18.0 Å². The molecule has 7 heteroatoms. The van der Waals surface area contributed by atoms with Crippen LogP contribution in [0.1, 0.15) is 11.1 Å². The lowest BCUT2D eigenvalue weighted by atomic mass is 10.1. The molecule has 0 aliphatic carbocycles. The first-order chi connectivity index (χ1) is 13.6. The molecule has 1 aliphatic rings. The fourth-order valence-corrected chi connectivity index (χ4v) is 3.05. The van der Waals surface area contributed by atoms with Crippen molar-refractivity contribution in [2.75, 3.05) is 11.9 Å². The summed E-state index contributed by atoms with van der Waals surface area (Å²) in [7, 11) is 0. The van der Waals surface area contributed by atoms with Gasteiger partial charge in [0.15, 0.2) is 0 Å². The highest BCUT2D eigenvalue weighted by atomic mass is 32.2. The predicted molar refractivity (Wildman–Crippen MR) is 112 cm³/mol. The number of anilines is 1. The highest BCUT2D eigenvalue weighted by Crippen LogP contribution is 2.33. The third kappa shape index (κ3) is 4.48. The van der Waals surface area contributed by atoms with Gasteiger partial charge in [0.25, 0.3) is 0 Å². The van der Waals surface area contributed by atoms with Gasteiger partial charge in [-0.1, -0.05) is 36.6 Å². The number of nitrogens with one attached hydrogen (secondary N) is 2. The van der Waals surface area contributed by atoms with E-state index in [1.54, 1.807) is 6.07 Å². The second-order valence-electron chi connectivity index (χ2n) is 5.56. The zero-order chi connectivity index (χ0) is 19.9. The van der Waals surface area contributed by atoms with Crippen LogP contribution in [0.5, 0.6) is 0 Å². The predicted octanol–water partition coefficient (Wildman–Crippen LogP) is 4.67. The van der Waals surface area contributed by atoms with Gasteiger partial charge in [0, 0.05) is 5.56 Å². The monoisotopic (exact) mass is 394 g/mol. The van der Waals surface area contributed by atoms with Crippen molar-refractivity contribution in [3.05, 3.63) is 83.6 Å². The molecular formula is C21H16F2N4S. The highest BCUT2D eigenvalue weighted by molar-refractivity contribution is 7.98. The van der Waals surface area contributed by atoms with Gasteiger partial charge in [0.1, 0.15) is 11.6 Å². The smallest absolute Gasteiger partial charge is 0.206 e. The number of rotatable bonds is 4. The molecule has 28 heavy (non-hydrogen) atoms. The Bertz CT molecular complexity index is 1030. The number of halogens is 2. The van der Waals surface area contributed by atoms with Crippen molar-refractivity contribution >= 4 is 30.3 Å². The fourth-order valence-electron chi connectivity index (χ4n) is 2.34. The Morgan fingerprint density at radius 1 is 1.18 bits per heavy atom. The molecule has 1 aliphatic heterocycles. The van der Waals surface area contributed by atoms with Crippen molar-refractivity contribution in [2.45, 2.75) is 4.90 Å². The largest absolute Gasteiger partial charge is 0.323 e. The molecule has 0 amide bonds. The molecule has 2 N–H and O–H groups in total. The Morgan fingerprint density at radius 2 is 1.96 bits per heavy atom. The highest BCUT2D eigenvalue weighted by Gasteiger charge is 2.19. The first kappa shape index (κ1) is 19.4. The Hall–Kier alpha value is -3.37. The molecule has 3 rings (SSSR count). The van der Waals surface area contributed by atoms with E-state index in [1.807, 2.05) is 30.3 Å². The number of benzene rings is 2. The van der Waals surface area contributed by atoms with Crippen molar-refractivity contribution in [1.82, 2.24) is 4.72 Å². The topological polar surface area (TPSA) is 48.8 Å². The van der Waals surface area contributed by atoms with Crippen LogP contribution in [-0.4, -0.2) is 19.2 Å². The molecule has 0 atom stereocenters. The summed E-state index contributed by atoms with van der Waals surface area (Å²) in [5.41, 5.74) is 1.58. The molecule has 0 unspecified atom stereocenters. The van der Waals surface area contributed by atoms with E-state index in [9.17, 15) is 8.78 Å². The fraction of sp³-hybridized carbons (Fsp3) is 0.0476. The molecule has 2 aromatic carbocycles. The van der Waals surface area contributed by atoms with Gasteiger partial charge in [-0.2, -0.15) is 0 Å². The standard InChI is InChI=1S/C21H16F2N4S/c1-3-16(22)18(24-2)13-25-21-26-20-15(10-9-14-7-5-4-6-8-14)17(23)11-12-19(20)28-27-21/h3-8,11-12H,1-2,13H2,(H2,25,26,27)/b18-16+. The summed E-state index contributed by atoms with van der Waals surface area (Å²) >= 11 is 1.26. The lowest BCUT2D eigenvalue weighted by molar-refractivity contribution is 0.624. The quantitative estimate of drug-likeness (QED) is 0.343. The van der Waals surface area contributed by atoms with E-state index in [0.717, 1.165) is 16.5 Å². The zero-order valence-electron chi connectivity index (χ0n) is 14.8. The average molecular weight is 394 g/mol. The maximum Gasteiger partial charge on any atom is 0.206 e. The minimum absolute atomic E-state index is 0.0487. The average Bonchev–Trinajstić information content (AvgIpc) is 2.73. The van der Waals surface area contributed by atoms with Gasteiger partial charge in [0.05, 0.1) is 28.4 Å². The van der Waals surface area contributed by atoms with Crippen LogP contribution in [0.2, 0.25) is 0 Å². The van der Waals surface area contributed by atoms with Crippen molar-refractivity contribution < 1.29 is 8.78 Å². The molecule has 0 spiro atoms. The van der Waals surface area contributed by atoms with Crippen molar-refractivity contribution in [1.29, 1.82) is 0 Å². The maximum atomic E-state index is 14.4. The summed E-state index contributed by atoms with van der Waals surface area (Å²) in [5.74, 6) is 5.15. The van der Waals surface area contributed by atoms with Crippen LogP contribution in [0.4, 0.5) is 14.5 Å². The maximum absolute atomic E-state index is 14.4. The number of hydrogen-bond donors (Lipinski definition) is 2. The summed E-state index contributed by atoms with van der Waals surface area (Å²) in [5, 5.41) is 3.02. The Kier molecular flexibility index (Phi) is 6.25. The second kappa shape index (κ2) is 9.02. The number of nitrogens with zero attached hydrogens (tertiary/aromatic N) is 2. The van der Waals surface area contributed by atoms with Crippen LogP contribution in [-0.2, 0) is 0 Å². The van der Waals surface area contributed by atoms with Gasteiger partial charge in [-0.25, -0.2) is 13.8 Å². The Morgan fingerprint density at radius 3 is 2.68 bits per heavy atom. The van der Waals surface area contributed by atoms with E-state index in [4.69, 9.17) is 0 Å². The normalized spacial score (nSPS) is 14.6. The van der Waals surface area contributed by atoms with Crippen LogP contribution in [0, 0.1) is 17.7 Å². The van der Waals surface area contributed by atoms with E-state index in [2.05, 4.69) is 45.2 Å². The van der Waals surface area contributed by atoms with Gasteiger partial charge < -0.3 is 5.32 Å². The Labute approximate surface area is 166 Å². The van der Waals surface area contributed by atoms with Gasteiger partial charge >= 0.3 is 0 Å². The first-order valence-corrected chi connectivity index (χ1v) is 9.05. The van der Waals surface area contributed by atoms with Crippen molar-refractivity contribution in [3.63, 3.8) is 0 Å². The minimum Gasteiger partial charge on any atom is -0.323 e. The number of guanidine groups is 1. The van der Waals surface area contributed by atoms with Crippen LogP contribution in [0.15, 0.2) is 81.5 Å². The molecule has 0 aromatic heterocycles. The van der Waals surface area contributed by atoms with Crippen molar-refractivity contribution in [2.24, 2.45) is 9.98 Å². The minimum atomic E-state index is -0.594. The van der Waals surface area contributed by atoms with Gasteiger partial charge in [-0.3, -0.25) is 9.71 Å². The van der Waals surface area contributed by atoms with Gasteiger partial charge in [-0.05, 0) is 49.0 Å². The van der Waals surface area contributed by atoms with Crippen LogP contribution in [0.3, 0.4) is 0 Å². The zero-order valence-corrected chi connectivity index (χ0v) is 15.6. The van der Waals surface area contributed by atoms with E-state index < -0.39 is 11.6 Å². The van der Waals surface area contributed by atoms with E-state index >= 15 is 0 Å². The van der Waals surface area contributed by atoms with E-state index in [0.29, 0.717) is 11.6 Å². The van der Waals surface area contributed by atoms with Crippen molar-refractivity contribution in [3.8, 4) is 11.8 Å². The lowest BCUT2D eigenvalue weighted by Crippen LogP contribution is -2.30. The molecule has 0 fully saturated rings. The molecule has 4 nitrogen and oxygen atoms in total. The van der Waals surface area contributed by atoms with E-state index in [-0.39, 0.29) is 17.8 Å². The summed E-state index contributed by atoms with van der Waals surface area (Å²) in [4.78, 5) is 8.62.